The third-order valence-corrected chi connectivity index (χ3v) is 5.42. The monoisotopic (exact) mass is 381 g/mol. The zero-order valence-electron chi connectivity index (χ0n) is 16.2. The Labute approximate surface area is 165 Å². The number of carbonyl (C=O) groups is 2. The van der Waals surface area contributed by atoms with Crippen molar-refractivity contribution in [3.05, 3.63) is 64.7 Å². The Hall–Kier alpha value is -2.82. The first kappa shape index (κ1) is 19.9. The zero-order chi connectivity index (χ0) is 19.9. The summed E-state index contributed by atoms with van der Waals surface area (Å²) in [4.78, 5) is 23.1. The second-order valence-electron chi connectivity index (χ2n) is 7.43. The van der Waals surface area contributed by atoms with E-state index in [0.29, 0.717) is 18.0 Å². The number of benzene rings is 2. The minimum absolute atomic E-state index is 0.280. The van der Waals surface area contributed by atoms with Gasteiger partial charge >= 0.3 is 11.9 Å². The summed E-state index contributed by atoms with van der Waals surface area (Å²) in [6, 6.07) is 12.5. The van der Waals surface area contributed by atoms with Crippen molar-refractivity contribution in [1.29, 1.82) is 0 Å². The van der Waals surface area contributed by atoms with E-state index >= 15 is 0 Å². The smallest absolute Gasteiger partial charge is 0.337 e. The van der Waals surface area contributed by atoms with Gasteiger partial charge in [-0.15, -0.1) is 0 Å². The van der Waals surface area contributed by atoms with Crippen LogP contribution in [0.25, 0.3) is 0 Å². The van der Waals surface area contributed by atoms with Crippen molar-refractivity contribution >= 4 is 17.6 Å². The fraction of sp³-hybridized carbons (Fsp3) is 0.391. The molecule has 1 aliphatic carbocycles. The first-order valence-electron chi connectivity index (χ1n) is 9.84. The molecule has 0 unspecified atom stereocenters. The average Bonchev–Trinajstić information content (AvgIpc) is 2.73. The number of esters is 1. The van der Waals surface area contributed by atoms with Crippen molar-refractivity contribution in [2.75, 3.05) is 12.4 Å². The Morgan fingerprint density at radius 1 is 1.07 bits per heavy atom. The van der Waals surface area contributed by atoms with Gasteiger partial charge in [0.25, 0.3) is 0 Å². The molecule has 1 fully saturated rings. The van der Waals surface area contributed by atoms with Gasteiger partial charge in [-0.05, 0) is 53.8 Å². The predicted molar refractivity (Wildman–Crippen MR) is 109 cm³/mol. The van der Waals surface area contributed by atoms with E-state index in [1.807, 2.05) is 18.2 Å². The van der Waals surface area contributed by atoms with Crippen LogP contribution < -0.4 is 5.32 Å². The molecule has 2 N–H and O–H groups in total. The Morgan fingerprint density at radius 2 is 1.86 bits per heavy atom. The molecule has 1 saturated carbocycles. The molecule has 148 valence electrons. The van der Waals surface area contributed by atoms with Crippen LogP contribution in [0.1, 0.15) is 63.9 Å². The highest BCUT2D eigenvalue weighted by Crippen LogP contribution is 2.30. The van der Waals surface area contributed by atoms with Crippen molar-refractivity contribution in [3.8, 4) is 0 Å². The van der Waals surface area contributed by atoms with Gasteiger partial charge in [-0.25, -0.2) is 9.59 Å². The number of rotatable bonds is 7. The second-order valence-corrected chi connectivity index (χ2v) is 7.43. The van der Waals surface area contributed by atoms with Crippen LogP contribution >= 0.6 is 0 Å². The van der Waals surface area contributed by atoms with Gasteiger partial charge in [0.1, 0.15) is 0 Å². The van der Waals surface area contributed by atoms with E-state index in [4.69, 9.17) is 9.84 Å². The number of hydrogen-bond donors (Lipinski definition) is 2. The zero-order valence-corrected chi connectivity index (χ0v) is 16.2. The largest absolute Gasteiger partial charge is 0.478 e. The van der Waals surface area contributed by atoms with E-state index in [1.165, 1.54) is 39.2 Å². The second kappa shape index (κ2) is 9.40. The van der Waals surface area contributed by atoms with E-state index in [9.17, 15) is 9.59 Å². The Morgan fingerprint density at radius 3 is 2.57 bits per heavy atom. The lowest BCUT2D eigenvalue weighted by Gasteiger charge is -2.23. The van der Waals surface area contributed by atoms with Crippen LogP contribution in [-0.4, -0.2) is 24.2 Å². The quantitative estimate of drug-likeness (QED) is 0.667. The summed E-state index contributed by atoms with van der Waals surface area (Å²) in [5, 5.41) is 12.6. The number of carboxylic acid groups (broad SMARTS) is 1. The molecule has 2 aromatic rings. The molecule has 28 heavy (non-hydrogen) atoms. The number of methoxy groups -OCH3 is 1. The maximum Gasteiger partial charge on any atom is 0.337 e. The molecule has 0 saturated heterocycles. The van der Waals surface area contributed by atoms with Gasteiger partial charge in [-0.1, -0.05) is 44.2 Å². The van der Waals surface area contributed by atoms with E-state index in [-0.39, 0.29) is 11.5 Å². The van der Waals surface area contributed by atoms with E-state index < -0.39 is 5.97 Å². The molecule has 2 aromatic carbocycles. The van der Waals surface area contributed by atoms with Gasteiger partial charge in [-0.3, -0.25) is 0 Å². The van der Waals surface area contributed by atoms with E-state index in [0.717, 1.165) is 23.2 Å². The molecule has 0 aromatic heterocycles. The van der Waals surface area contributed by atoms with E-state index in [1.54, 1.807) is 24.3 Å². The van der Waals surface area contributed by atoms with Gasteiger partial charge in [0.2, 0.25) is 0 Å². The Bertz CT molecular complexity index is 840. The molecular formula is C23H27NO4. The van der Waals surface area contributed by atoms with Gasteiger partial charge in [0, 0.05) is 12.2 Å². The van der Waals surface area contributed by atoms with Crippen LogP contribution in [0.4, 0.5) is 5.69 Å². The lowest BCUT2D eigenvalue weighted by Crippen LogP contribution is -2.12. The fourth-order valence-electron chi connectivity index (χ4n) is 3.89. The molecule has 0 bridgehead atoms. The summed E-state index contributed by atoms with van der Waals surface area (Å²) in [5.41, 5.74) is 3.85. The Balaban J connectivity index is 1.79. The maximum atomic E-state index is 12.0. The van der Waals surface area contributed by atoms with Crippen molar-refractivity contribution in [2.24, 2.45) is 5.92 Å². The number of carboxylic acids is 1. The summed E-state index contributed by atoms with van der Waals surface area (Å²) in [6.07, 6.45) is 7.23. The molecule has 0 radical (unpaired) electrons. The van der Waals surface area contributed by atoms with Crippen LogP contribution in [0, 0.1) is 5.92 Å². The molecule has 3 rings (SSSR count). The molecule has 0 atom stereocenters. The molecule has 5 heteroatoms. The number of anilines is 1. The molecule has 0 aliphatic heterocycles. The van der Waals surface area contributed by atoms with Gasteiger partial charge < -0.3 is 15.2 Å². The number of nitrogens with one attached hydrogen (secondary N) is 1. The highest BCUT2D eigenvalue weighted by Gasteiger charge is 2.17. The summed E-state index contributed by atoms with van der Waals surface area (Å²) in [6.45, 7) is 0.524. The molecular weight excluding hydrogens is 354 g/mol. The van der Waals surface area contributed by atoms with Crippen LogP contribution in [0.15, 0.2) is 42.5 Å². The fourth-order valence-corrected chi connectivity index (χ4v) is 3.89. The first-order chi connectivity index (χ1) is 13.6. The van der Waals surface area contributed by atoms with Crippen LogP contribution in [0.5, 0.6) is 0 Å². The summed E-state index contributed by atoms with van der Waals surface area (Å²) in [7, 11) is 1.39. The third kappa shape index (κ3) is 5.12. The molecule has 5 nitrogen and oxygen atoms in total. The lowest BCUT2D eigenvalue weighted by molar-refractivity contribution is 0.0599. The molecule has 1 aliphatic rings. The topological polar surface area (TPSA) is 75.6 Å². The highest BCUT2D eigenvalue weighted by molar-refractivity contribution is 5.90. The maximum absolute atomic E-state index is 12.0. The standard InChI is InChI=1S/C23H27NO4/c1-28-23(27)19-10-11-21(20(14-19)12-16-6-3-2-4-7-16)24-15-17-8-5-9-18(13-17)22(25)26/h5,8-11,13-14,16,24H,2-4,6-7,12,15H2,1H3,(H,25,26). The summed E-state index contributed by atoms with van der Waals surface area (Å²) < 4.78 is 4.87. The molecule has 0 heterocycles. The van der Waals surface area contributed by atoms with Gasteiger partial charge in [-0.2, -0.15) is 0 Å². The average molecular weight is 381 g/mol. The number of ether oxygens (including phenoxy) is 1. The van der Waals surface area contributed by atoms with Crippen LogP contribution in [0.3, 0.4) is 0 Å². The van der Waals surface area contributed by atoms with E-state index in [2.05, 4.69) is 5.32 Å². The molecule has 0 amide bonds. The van der Waals surface area contributed by atoms with Crippen LogP contribution in [-0.2, 0) is 17.7 Å². The summed E-state index contributed by atoms with van der Waals surface area (Å²) >= 11 is 0. The third-order valence-electron chi connectivity index (χ3n) is 5.42. The van der Waals surface area contributed by atoms with Crippen LogP contribution in [0.2, 0.25) is 0 Å². The number of aromatic carboxylic acids is 1. The van der Waals surface area contributed by atoms with Crippen molar-refractivity contribution < 1.29 is 19.4 Å². The minimum Gasteiger partial charge on any atom is -0.478 e. The van der Waals surface area contributed by atoms with Crippen molar-refractivity contribution in [2.45, 2.75) is 45.1 Å². The van der Waals surface area contributed by atoms with Gasteiger partial charge in [0.05, 0.1) is 18.2 Å². The molecule has 0 spiro atoms. The minimum atomic E-state index is -0.928. The van der Waals surface area contributed by atoms with Crippen molar-refractivity contribution in [1.82, 2.24) is 0 Å². The SMILES string of the molecule is COC(=O)c1ccc(NCc2cccc(C(=O)O)c2)c(CC2CCCCC2)c1. The first-order valence-corrected chi connectivity index (χ1v) is 9.84. The summed E-state index contributed by atoms with van der Waals surface area (Å²) in [5.74, 6) is -0.620. The lowest BCUT2D eigenvalue weighted by atomic mass is 9.84. The predicted octanol–water partition coefficient (Wildman–Crippen LogP) is 4.91. The Kier molecular flexibility index (Phi) is 6.69. The van der Waals surface area contributed by atoms with Crippen molar-refractivity contribution in [3.63, 3.8) is 0 Å². The van der Waals surface area contributed by atoms with Gasteiger partial charge in [0.15, 0.2) is 0 Å². The normalized spacial score (nSPS) is 14.5. The number of carbonyl (C=O) groups excluding carboxylic acids is 1. The highest BCUT2D eigenvalue weighted by atomic mass is 16.5. The number of hydrogen-bond acceptors (Lipinski definition) is 4.